The molecule has 1 aliphatic rings. The summed E-state index contributed by atoms with van der Waals surface area (Å²) in [6.45, 7) is 8.03. The van der Waals surface area contributed by atoms with E-state index in [2.05, 4.69) is 19.2 Å². The van der Waals surface area contributed by atoms with Gasteiger partial charge in [-0.1, -0.05) is 0 Å². The van der Waals surface area contributed by atoms with E-state index in [4.69, 9.17) is 10.5 Å². The second-order valence-electron chi connectivity index (χ2n) is 4.24. The van der Waals surface area contributed by atoms with Gasteiger partial charge < -0.3 is 15.8 Å². The van der Waals surface area contributed by atoms with Crippen LogP contribution in [0.25, 0.3) is 0 Å². The summed E-state index contributed by atoms with van der Waals surface area (Å²) in [4.78, 5) is 0. The molecule has 3 N–H and O–H groups in total. The zero-order valence-corrected chi connectivity index (χ0v) is 8.26. The van der Waals surface area contributed by atoms with Crippen LogP contribution in [0.4, 0.5) is 0 Å². The van der Waals surface area contributed by atoms with Gasteiger partial charge in [-0.2, -0.15) is 0 Å². The first kappa shape index (κ1) is 9.96. The minimum atomic E-state index is 0.120. The van der Waals surface area contributed by atoms with Crippen LogP contribution in [0.2, 0.25) is 0 Å². The Morgan fingerprint density at radius 3 is 2.75 bits per heavy atom. The Balaban J connectivity index is 2.32. The third-order valence-electron chi connectivity index (χ3n) is 2.35. The van der Waals surface area contributed by atoms with Crippen LogP contribution in [0, 0.1) is 0 Å². The van der Waals surface area contributed by atoms with E-state index in [1.54, 1.807) is 0 Å². The predicted molar refractivity (Wildman–Crippen MR) is 50.1 cm³/mol. The molecule has 1 fully saturated rings. The van der Waals surface area contributed by atoms with E-state index in [1.165, 1.54) is 0 Å². The summed E-state index contributed by atoms with van der Waals surface area (Å²) < 4.78 is 5.69. The van der Waals surface area contributed by atoms with Gasteiger partial charge in [0.2, 0.25) is 0 Å². The molecule has 3 heteroatoms. The number of rotatable bonds is 3. The van der Waals surface area contributed by atoms with Gasteiger partial charge >= 0.3 is 0 Å². The summed E-state index contributed by atoms with van der Waals surface area (Å²) in [7, 11) is 0. The van der Waals surface area contributed by atoms with Crippen LogP contribution in [0.15, 0.2) is 0 Å². The van der Waals surface area contributed by atoms with Gasteiger partial charge in [-0.05, 0) is 33.7 Å². The molecule has 72 valence electrons. The fourth-order valence-electron chi connectivity index (χ4n) is 1.56. The maximum absolute atomic E-state index is 5.69. The first-order chi connectivity index (χ1) is 5.52. The second kappa shape index (κ2) is 3.73. The highest BCUT2D eigenvalue weighted by molar-refractivity contribution is 4.93. The average molecular weight is 172 g/mol. The van der Waals surface area contributed by atoms with Crippen LogP contribution in [0.1, 0.15) is 27.2 Å². The van der Waals surface area contributed by atoms with Crippen molar-refractivity contribution in [3.63, 3.8) is 0 Å². The maximum atomic E-state index is 5.69. The molecule has 0 aromatic heterocycles. The monoisotopic (exact) mass is 172 g/mol. The van der Waals surface area contributed by atoms with Crippen molar-refractivity contribution in [3.05, 3.63) is 0 Å². The van der Waals surface area contributed by atoms with E-state index >= 15 is 0 Å². The molecule has 0 bridgehead atoms. The van der Waals surface area contributed by atoms with Crippen molar-refractivity contribution in [2.75, 3.05) is 13.2 Å². The van der Waals surface area contributed by atoms with E-state index in [-0.39, 0.29) is 11.6 Å². The SMILES string of the molecule is CC(N)COC1CCNC1(C)C. The molecule has 0 aromatic rings. The fraction of sp³-hybridized carbons (Fsp3) is 1.00. The standard InChI is InChI=1S/C9H20N2O/c1-7(10)6-12-8-4-5-11-9(8,2)3/h7-8,11H,4-6,10H2,1-3H3. The van der Waals surface area contributed by atoms with Gasteiger partial charge in [-0.3, -0.25) is 0 Å². The lowest BCUT2D eigenvalue weighted by molar-refractivity contribution is 0.0152. The molecule has 1 aliphatic heterocycles. The topological polar surface area (TPSA) is 47.3 Å². The molecule has 1 heterocycles. The highest BCUT2D eigenvalue weighted by atomic mass is 16.5. The first-order valence-electron chi connectivity index (χ1n) is 4.64. The molecular weight excluding hydrogens is 152 g/mol. The molecule has 1 saturated heterocycles. The molecule has 0 amide bonds. The van der Waals surface area contributed by atoms with E-state index in [0.29, 0.717) is 12.7 Å². The lowest BCUT2D eigenvalue weighted by Gasteiger charge is -2.27. The third-order valence-corrected chi connectivity index (χ3v) is 2.35. The summed E-state index contributed by atoms with van der Waals surface area (Å²) in [5.74, 6) is 0. The van der Waals surface area contributed by atoms with Crippen molar-refractivity contribution in [2.24, 2.45) is 5.73 Å². The van der Waals surface area contributed by atoms with Gasteiger partial charge in [-0.25, -0.2) is 0 Å². The van der Waals surface area contributed by atoms with Crippen LogP contribution in [0.3, 0.4) is 0 Å². The Hall–Kier alpha value is -0.120. The lowest BCUT2D eigenvalue weighted by Crippen LogP contribution is -2.43. The molecule has 0 aliphatic carbocycles. The highest BCUT2D eigenvalue weighted by Crippen LogP contribution is 2.21. The Morgan fingerprint density at radius 2 is 2.33 bits per heavy atom. The van der Waals surface area contributed by atoms with Gasteiger partial charge in [0.15, 0.2) is 0 Å². The van der Waals surface area contributed by atoms with Gasteiger partial charge in [-0.15, -0.1) is 0 Å². The van der Waals surface area contributed by atoms with E-state index in [9.17, 15) is 0 Å². The summed E-state index contributed by atoms with van der Waals surface area (Å²) >= 11 is 0. The fourth-order valence-corrected chi connectivity index (χ4v) is 1.56. The van der Waals surface area contributed by atoms with Crippen LogP contribution in [0.5, 0.6) is 0 Å². The predicted octanol–water partition coefficient (Wildman–Crippen LogP) is 0.491. The molecule has 0 aromatic carbocycles. The van der Waals surface area contributed by atoms with Crippen LogP contribution >= 0.6 is 0 Å². The van der Waals surface area contributed by atoms with E-state index < -0.39 is 0 Å². The molecule has 1 rings (SSSR count). The molecule has 0 saturated carbocycles. The first-order valence-corrected chi connectivity index (χ1v) is 4.64. The van der Waals surface area contributed by atoms with Crippen molar-refractivity contribution >= 4 is 0 Å². The molecular formula is C9H20N2O. The number of ether oxygens (including phenoxy) is 1. The molecule has 0 radical (unpaired) electrons. The number of nitrogens with one attached hydrogen (secondary N) is 1. The van der Waals surface area contributed by atoms with Crippen LogP contribution in [-0.2, 0) is 4.74 Å². The summed E-state index contributed by atoms with van der Waals surface area (Å²) in [5.41, 5.74) is 5.73. The van der Waals surface area contributed by atoms with Gasteiger partial charge in [0.1, 0.15) is 0 Å². The molecule has 2 unspecified atom stereocenters. The normalized spacial score (nSPS) is 30.5. The smallest absolute Gasteiger partial charge is 0.0764 e. The zero-order valence-electron chi connectivity index (χ0n) is 8.26. The number of hydrogen-bond donors (Lipinski definition) is 2. The molecule has 0 spiro atoms. The van der Waals surface area contributed by atoms with Crippen molar-refractivity contribution < 1.29 is 4.74 Å². The van der Waals surface area contributed by atoms with Crippen LogP contribution < -0.4 is 11.1 Å². The Kier molecular flexibility index (Phi) is 3.09. The Bertz CT molecular complexity index is 145. The summed E-state index contributed by atoms with van der Waals surface area (Å²) in [5, 5.41) is 3.40. The zero-order chi connectivity index (χ0) is 9.19. The number of nitrogens with two attached hydrogens (primary N) is 1. The third kappa shape index (κ3) is 2.44. The van der Waals surface area contributed by atoms with E-state index in [0.717, 1.165) is 13.0 Å². The van der Waals surface area contributed by atoms with Crippen molar-refractivity contribution in [1.29, 1.82) is 0 Å². The van der Waals surface area contributed by atoms with Gasteiger partial charge in [0.25, 0.3) is 0 Å². The average Bonchev–Trinajstić information content (AvgIpc) is 2.25. The maximum Gasteiger partial charge on any atom is 0.0764 e. The Labute approximate surface area is 74.7 Å². The quantitative estimate of drug-likeness (QED) is 0.651. The van der Waals surface area contributed by atoms with Crippen molar-refractivity contribution in [3.8, 4) is 0 Å². The van der Waals surface area contributed by atoms with Crippen molar-refractivity contribution in [2.45, 2.75) is 44.9 Å². The van der Waals surface area contributed by atoms with Gasteiger partial charge in [0.05, 0.1) is 12.7 Å². The molecule has 12 heavy (non-hydrogen) atoms. The molecule has 3 nitrogen and oxygen atoms in total. The minimum absolute atomic E-state index is 0.120. The highest BCUT2D eigenvalue weighted by Gasteiger charge is 2.34. The molecule has 2 atom stereocenters. The van der Waals surface area contributed by atoms with Crippen LogP contribution in [-0.4, -0.2) is 30.8 Å². The largest absolute Gasteiger partial charge is 0.375 e. The minimum Gasteiger partial charge on any atom is -0.375 e. The lowest BCUT2D eigenvalue weighted by atomic mass is 10.00. The Morgan fingerprint density at radius 1 is 1.67 bits per heavy atom. The van der Waals surface area contributed by atoms with Crippen molar-refractivity contribution in [1.82, 2.24) is 5.32 Å². The summed E-state index contributed by atoms with van der Waals surface area (Å²) in [6, 6.07) is 0.140. The van der Waals surface area contributed by atoms with Gasteiger partial charge in [0, 0.05) is 11.6 Å². The summed E-state index contributed by atoms with van der Waals surface area (Å²) in [6.07, 6.45) is 1.42. The number of hydrogen-bond acceptors (Lipinski definition) is 3. The van der Waals surface area contributed by atoms with E-state index in [1.807, 2.05) is 6.92 Å². The second-order valence-corrected chi connectivity index (χ2v) is 4.24.